The van der Waals surface area contributed by atoms with E-state index in [1.165, 1.54) is 5.56 Å². The fourth-order valence-corrected chi connectivity index (χ4v) is 1.58. The van der Waals surface area contributed by atoms with Crippen molar-refractivity contribution in [3.8, 4) is 0 Å². The number of benzene rings is 1. The molecule has 0 saturated heterocycles. The van der Waals surface area contributed by atoms with Crippen molar-refractivity contribution in [2.24, 2.45) is 0 Å². The second-order valence-electron chi connectivity index (χ2n) is 3.55. The molecule has 0 amide bonds. The first-order valence-electron chi connectivity index (χ1n) is 5.46. The molecule has 2 rings (SSSR count). The highest BCUT2D eigenvalue weighted by atomic mass is 15.2. The molecular weight excluding hydrogens is 198 g/mol. The van der Waals surface area contributed by atoms with Crippen molar-refractivity contribution in [2.75, 3.05) is 11.4 Å². The largest absolute Gasteiger partial charge is 0.337 e. The number of anilines is 1. The summed E-state index contributed by atoms with van der Waals surface area (Å²) < 4.78 is 0. The molecule has 82 valence electrons. The summed E-state index contributed by atoms with van der Waals surface area (Å²) in [6, 6.07) is 12.2. The van der Waals surface area contributed by atoms with Gasteiger partial charge in [0.1, 0.15) is 0 Å². The molecule has 1 aromatic heterocycles. The minimum atomic E-state index is 0.786. The molecule has 0 aliphatic carbocycles. The zero-order valence-electron chi connectivity index (χ0n) is 9.37. The Morgan fingerprint density at radius 3 is 2.31 bits per heavy atom. The molecule has 0 radical (unpaired) electrons. The van der Waals surface area contributed by atoms with Gasteiger partial charge in [0, 0.05) is 25.5 Å². The predicted octanol–water partition coefficient (Wildman–Crippen LogP) is 2.50. The van der Waals surface area contributed by atoms with Gasteiger partial charge < -0.3 is 4.90 Å². The van der Waals surface area contributed by atoms with E-state index in [1.54, 1.807) is 12.4 Å². The van der Waals surface area contributed by atoms with Crippen LogP contribution in [0.4, 0.5) is 5.95 Å². The average molecular weight is 213 g/mol. The van der Waals surface area contributed by atoms with Gasteiger partial charge in [-0.05, 0) is 18.6 Å². The molecule has 1 aromatic carbocycles. The zero-order chi connectivity index (χ0) is 11.2. The monoisotopic (exact) mass is 213 g/mol. The number of hydrogen-bond donors (Lipinski definition) is 0. The standard InChI is InChI=1S/C13H15N3/c1-2-16(13-14-9-6-10-15-13)11-12-7-4-3-5-8-12/h3-10H,2,11H2,1H3. The topological polar surface area (TPSA) is 29.0 Å². The molecule has 0 saturated carbocycles. The third-order valence-electron chi connectivity index (χ3n) is 2.43. The number of nitrogens with zero attached hydrogens (tertiary/aromatic N) is 3. The Kier molecular flexibility index (Phi) is 3.49. The molecule has 1 heterocycles. The van der Waals surface area contributed by atoms with Gasteiger partial charge in [0.25, 0.3) is 0 Å². The summed E-state index contributed by atoms with van der Waals surface area (Å²) in [7, 11) is 0. The summed E-state index contributed by atoms with van der Waals surface area (Å²) in [4.78, 5) is 10.7. The van der Waals surface area contributed by atoms with E-state index < -0.39 is 0 Å². The Morgan fingerprint density at radius 1 is 1.00 bits per heavy atom. The average Bonchev–Trinajstić information content (AvgIpc) is 2.38. The molecule has 3 nitrogen and oxygen atoms in total. The summed E-state index contributed by atoms with van der Waals surface area (Å²) in [6.45, 7) is 3.86. The summed E-state index contributed by atoms with van der Waals surface area (Å²) in [6.07, 6.45) is 3.55. The fourth-order valence-electron chi connectivity index (χ4n) is 1.58. The molecule has 0 aliphatic heterocycles. The quantitative estimate of drug-likeness (QED) is 0.781. The summed E-state index contributed by atoms with van der Waals surface area (Å²) >= 11 is 0. The van der Waals surface area contributed by atoms with E-state index in [-0.39, 0.29) is 0 Å². The third-order valence-corrected chi connectivity index (χ3v) is 2.43. The highest BCUT2D eigenvalue weighted by Gasteiger charge is 2.06. The van der Waals surface area contributed by atoms with Gasteiger partial charge in [-0.3, -0.25) is 0 Å². The smallest absolute Gasteiger partial charge is 0.225 e. The lowest BCUT2D eigenvalue weighted by Gasteiger charge is -2.20. The first kappa shape index (κ1) is 10.6. The summed E-state index contributed by atoms with van der Waals surface area (Å²) in [5, 5.41) is 0. The van der Waals surface area contributed by atoms with Crippen molar-refractivity contribution >= 4 is 5.95 Å². The maximum absolute atomic E-state index is 4.26. The van der Waals surface area contributed by atoms with Crippen molar-refractivity contribution in [2.45, 2.75) is 13.5 Å². The molecule has 0 fully saturated rings. The third kappa shape index (κ3) is 2.57. The van der Waals surface area contributed by atoms with Crippen molar-refractivity contribution in [3.63, 3.8) is 0 Å². The second kappa shape index (κ2) is 5.26. The molecule has 0 aliphatic rings. The van der Waals surface area contributed by atoms with Gasteiger partial charge in [-0.1, -0.05) is 30.3 Å². The summed E-state index contributed by atoms with van der Waals surface area (Å²) in [5.41, 5.74) is 1.27. The Labute approximate surface area is 95.8 Å². The van der Waals surface area contributed by atoms with Crippen molar-refractivity contribution in [3.05, 3.63) is 54.4 Å². The lowest BCUT2D eigenvalue weighted by Crippen LogP contribution is -2.23. The first-order chi connectivity index (χ1) is 7.90. The van der Waals surface area contributed by atoms with Crippen molar-refractivity contribution < 1.29 is 0 Å². The molecule has 2 aromatic rings. The van der Waals surface area contributed by atoms with Crippen LogP contribution in [0, 0.1) is 0 Å². The van der Waals surface area contributed by atoms with E-state index in [4.69, 9.17) is 0 Å². The van der Waals surface area contributed by atoms with Crippen LogP contribution in [0.2, 0.25) is 0 Å². The predicted molar refractivity (Wildman–Crippen MR) is 65.2 cm³/mol. The Morgan fingerprint density at radius 2 is 1.69 bits per heavy atom. The van der Waals surface area contributed by atoms with Gasteiger partial charge in [0.15, 0.2) is 0 Å². The Hall–Kier alpha value is -1.90. The Bertz CT molecular complexity index is 414. The molecular formula is C13H15N3. The SMILES string of the molecule is CCN(Cc1ccccc1)c1ncccn1. The second-order valence-corrected chi connectivity index (χ2v) is 3.55. The molecule has 0 N–H and O–H groups in total. The number of rotatable bonds is 4. The minimum absolute atomic E-state index is 0.786. The van der Waals surface area contributed by atoms with E-state index >= 15 is 0 Å². The van der Waals surface area contributed by atoms with Crippen LogP contribution in [-0.2, 0) is 6.54 Å². The number of hydrogen-bond acceptors (Lipinski definition) is 3. The maximum Gasteiger partial charge on any atom is 0.225 e. The van der Waals surface area contributed by atoms with Crippen LogP contribution in [-0.4, -0.2) is 16.5 Å². The molecule has 0 atom stereocenters. The highest BCUT2D eigenvalue weighted by molar-refractivity contribution is 5.31. The van der Waals surface area contributed by atoms with E-state index in [0.717, 1.165) is 19.0 Å². The first-order valence-corrected chi connectivity index (χ1v) is 5.46. The van der Waals surface area contributed by atoms with Crippen LogP contribution < -0.4 is 4.90 Å². The van der Waals surface area contributed by atoms with Crippen LogP contribution in [0.15, 0.2) is 48.8 Å². The van der Waals surface area contributed by atoms with Crippen molar-refractivity contribution in [1.82, 2.24) is 9.97 Å². The fraction of sp³-hybridized carbons (Fsp3) is 0.231. The van der Waals surface area contributed by atoms with Gasteiger partial charge in [0.2, 0.25) is 5.95 Å². The summed E-state index contributed by atoms with van der Waals surface area (Å²) in [5.74, 6) is 0.786. The molecule has 0 bridgehead atoms. The Balaban J connectivity index is 2.13. The van der Waals surface area contributed by atoms with Gasteiger partial charge in [0.05, 0.1) is 0 Å². The van der Waals surface area contributed by atoms with Gasteiger partial charge in [-0.2, -0.15) is 0 Å². The van der Waals surface area contributed by atoms with Crippen LogP contribution in [0.25, 0.3) is 0 Å². The van der Waals surface area contributed by atoms with Crippen LogP contribution >= 0.6 is 0 Å². The molecule has 0 spiro atoms. The van der Waals surface area contributed by atoms with Gasteiger partial charge in [-0.25, -0.2) is 9.97 Å². The van der Waals surface area contributed by atoms with Gasteiger partial charge >= 0.3 is 0 Å². The normalized spacial score (nSPS) is 10.1. The lowest BCUT2D eigenvalue weighted by molar-refractivity contribution is 0.791. The zero-order valence-corrected chi connectivity index (χ0v) is 9.37. The van der Waals surface area contributed by atoms with E-state index in [9.17, 15) is 0 Å². The van der Waals surface area contributed by atoms with Gasteiger partial charge in [-0.15, -0.1) is 0 Å². The molecule has 3 heteroatoms. The molecule has 0 unspecified atom stereocenters. The maximum atomic E-state index is 4.26. The highest BCUT2D eigenvalue weighted by Crippen LogP contribution is 2.10. The van der Waals surface area contributed by atoms with Crippen molar-refractivity contribution in [1.29, 1.82) is 0 Å². The van der Waals surface area contributed by atoms with Crippen LogP contribution in [0.5, 0.6) is 0 Å². The van der Waals surface area contributed by atoms with Crippen LogP contribution in [0.3, 0.4) is 0 Å². The van der Waals surface area contributed by atoms with E-state index in [1.807, 2.05) is 12.1 Å². The van der Waals surface area contributed by atoms with E-state index in [2.05, 4.69) is 46.1 Å². The lowest BCUT2D eigenvalue weighted by atomic mass is 10.2. The van der Waals surface area contributed by atoms with E-state index in [0.29, 0.717) is 0 Å². The van der Waals surface area contributed by atoms with Crippen LogP contribution in [0.1, 0.15) is 12.5 Å². The number of aromatic nitrogens is 2. The molecule has 16 heavy (non-hydrogen) atoms. The minimum Gasteiger partial charge on any atom is -0.337 e.